The van der Waals surface area contributed by atoms with Gasteiger partial charge in [-0.3, -0.25) is 4.79 Å². The summed E-state index contributed by atoms with van der Waals surface area (Å²) in [6.45, 7) is 1.73. The van der Waals surface area contributed by atoms with Crippen molar-refractivity contribution in [2.75, 3.05) is 47.2 Å². The van der Waals surface area contributed by atoms with Crippen LogP contribution in [0.1, 0.15) is 17.4 Å². The van der Waals surface area contributed by atoms with Gasteiger partial charge in [0.1, 0.15) is 5.37 Å². The fourth-order valence-corrected chi connectivity index (χ4v) is 3.85. The zero-order valence-corrected chi connectivity index (χ0v) is 14.5. The summed E-state index contributed by atoms with van der Waals surface area (Å²) in [5.74, 6) is 2.13. The molecule has 1 aliphatic heterocycles. The van der Waals surface area contributed by atoms with E-state index in [-0.39, 0.29) is 11.3 Å². The van der Waals surface area contributed by atoms with Gasteiger partial charge in [0.2, 0.25) is 5.91 Å². The summed E-state index contributed by atoms with van der Waals surface area (Å²) >= 11 is 1.65. The highest BCUT2D eigenvalue weighted by atomic mass is 32.2. The number of thioether (sulfide) groups is 1. The van der Waals surface area contributed by atoms with Gasteiger partial charge in [0.15, 0.2) is 11.5 Å². The molecule has 1 aromatic rings. The summed E-state index contributed by atoms with van der Waals surface area (Å²) in [6.07, 6.45) is 0.960. The van der Waals surface area contributed by atoms with Crippen molar-refractivity contribution < 1.29 is 14.3 Å². The normalized spacial score (nSPS) is 18.1. The largest absolute Gasteiger partial charge is 0.493 e. The van der Waals surface area contributed by atoms with Crippen LogP contribution in [0.25, 0.3) is 0 Å². The molecule has 2 rings (SSSR count). The minimum atomic E-state index is -0.000266. The van der Waals surface area contributed by atoms with Gasteiger partial charge in [0.25, 0.3) is 0 Å². The molecule has 1 aromatic carbocycles. The van der Waals surface area contributed by atoms with Crippen molar-refractivity contribution in [1.29, 1.82) is 0 Å². The van der Waals surface area contributed by atoms with Crippen LogP contribution in [0.3, 0.4) is 0 Å². The van der Waals surface area contributed by atoms with E-state index in [4.69, 9.17) is 9.47 Å². The molecule has 1 amide bonds. The molecule has 0 spiro atoms. The SMILES string of the molecule is COc1cccc(C2SCC(=O)N2CCCN(C)C)c1OC. The molecule has 0 aliphatic carbocycles. The zero-order chi connectivity index (χ0) is 16.1. The molecule has 1 atom stereocenters. The third-order valence-corrected chi connectivity index (χ3v) is 4.91. The molecule has 1 heterocycles. The highest BCUT2D eigenvalue weighted by Crippen LogP contribution is 2.45. The van der Waals surface area contributed by atoms with Gasteiger partial charge < -0.3 is 19.3 Å². The lowest BCUT2D eigenvalue weighted by Gasteiger charge is -2.26. The van der Waals surface area contributed by atoms with Gasteiger partial charge in [-0.25, -0.2) is 0 Å². The van der Waals surface area contributed by atoms with Gasteiger partial charge >= 0.3 is 0 Å². The molecule has 0 N–H and O–H groups in total. The molecule has 122 valence electrons. The molecule has 0 radical (unpaired) electrons. The maximum absolute atomic E-state index is 12.2. The van der Waals surface area contributed by atoms with Gasteiger partial charge in [-0.05, 0) is 33.1 Å². The van der Waals surface area contributed by atoms with Crippen molar-refractivity contribution in [3.8, 4) is 11.5 Å². The summed E-state index contributed by atoms with van der Waals surface area (Å²) in [7, 11) is 7.36. The number of amides is 1. The second-order valence-electron chi connectivity index (χ2n) is 5.49. The second-order valence-corrected chi connectivity index (χ2v) is 6.56. The number of methoxy groups -OCH3 is 2. The van der Waals surface area contributed by atoms with Gasteiger partial charge in [-0.1, -0.05) is 12.1 Å². The number of hydrogen-bond acceptors (Lipinski definition) is 5. The topological polar surface area (TPSA) is 42.0 Å². The maximum atomic E-state index is 12.2. The van der Waals surface area contributed by atoms with E-state index in [1.807, 2.05) is 37.2 Å². The fourth-order valence-electron chi connectivity index (χ4n) is 2.62. The fraction of sp³-hybridized carbons (Fsp3) is 0.562. The molecule has 0 aromatic heterocycles. The first kappa shape index (κ1) is 17.0. The molecule has 1 unspecified atom stereocenters. The number of hydrogen-bond donors (Lipinski definition) is 0. The van der Waals surface area contributed by atoms with E-state index in [1.54, 1.807) is 26.0 Å². The van der Waals surface area contributed by atoms with Crippen LogP contribution in [-0.4, -0.2) is 62.9 Å². The molecule has 1 saturated heterocycles. The molecular formula is C16H24N2O3S. The monoisotopic (exact) mass is 324 g/mol. The first-order chi connectivity index (χ1) is 10.6. The van der Waals surface area contributed by atoms with E-state index in [0.29, 0.717) is 11.5 Å². The lowest BCUT2D eigenvalue weighted by Crippen LogP contribution is -2.31. The molecule has 0 saturated carbocycles. The first-order valence-electron chi connectivity index (χ1n) is 7.35. The second kappa shape index (κ2) is 7.74. The third kappa shape index (κ3) is 3.67. The average Bonchev–Trinajstić information content (AvgIpc) is 2.87. The lowest BCUT2D eigenvalue weighted by molar-refractivity contribution is -0.128. The van der Waals surface area contributed by atoms with Crippen molar-refractivity contribution in [3.05, 3.63) is 23.8 Å². The van der Waals surface area contributed by atoms with Crippen LogP contribution in [0.2, 0.25) is 0 Å². The smallest absolute Gasteiger partial charge is 0.233 e. The number of para-hydroxylation sites is 1. The van der Waals surface area contributed by atoms with Gasteiger partial charge in [0, 0.05) is 12.1 Å². The van der Waals surface area contributed by atoms with E-state index in [1.165, 1.54) is 0 Å². The Hall–Kier alpha value is -1.40. The van der Waals surface area contributed by atoms with E-state index in [0.717, 1.165) is 30.8 Å². The standard InChI is InChI=1S/C16H24N2O3S/c1-17(2)9-6-10-18-14(19)11-22-16(18)12-7-5-8-13(20-3)15(12)21-4/h5,7-8,16H,6,9-11H2,1-4H3. The van der Waals surface area contributed by atoms with Crippen LogP contribution < -0.4 is 9.47 Å². The molecular weight excluding hydrogens is 300 g/mol. The summed E-state index contributed by atoms with van der Waals surface area (Å²) in [6, 6.07) is 5.83. The van der Waals surface area contributed by atoms with Crippen molar-refractivity contribution in [2.24, 2.45) is 0 Å². The molecule has 1 fully saturated rings. The minimum absolute atomic E-state index is 0.000266. The highest BCUT2D eigenvalue weighted by Gasteiger charge is 2.34. The molecule has 22 heavy (non-hydrogen) atoms. The lowest BCUT2D eigenvalue weighted by atomic mass is 10.1. The maximum Gasteiger partial charge on any atom is 0.233 e. The van der Waals surface area contributed by atoms with Crippen LogP contribution in [-0.2, 0) is 4.79 Å². The van der Waals surface area contributed by atoms with Crippen molar-refractivity contribution in [3.63, 3.8) is 0 Å². The predicted molar refractivity (Wildman–Crippen MR) is 89.6 cm³/mol. The summed E-state index contributed by atoms with van der Waals surface area (Å²) < 4.78 is 10.9. The Balaban J connectivity index is 2.21. The van der Waals surface area contributed by atoms with Crippen molar-refractivity contribution in [1.82, 2.24) is 9.80 Å². The Morgan fingerprint density at radius 2 is 2.09 bits per heavy atom. The quantitative estimate of drug-likeness (QED) is 0.769. The summed E-state index contributed by atoms with van der Waals surface area (Å²) in [5, 5.41) is -0.000266. The van der Waals surface area contributed by atoms with Crippen LogP contribution in [0, 0.1) is 0 Å². The minimum Gasteiger partial charge on any atom is -0.493 e. The zero-order valence-electron chi connectivity index (χ0n) is 13.7. The van der Waals surface area contributed by atoms with Crippen LogP contribution >= 0.6 is 11.8 Å². The molecule has 5 nitrogen and oxygen atoms in total. The highest BCUT2D eigenvalue weighted by molar-refractivity contribution is 8.00. The number of benzene rings is 1. The summed E-state index contributed by atoms with van der Waals surface area (Å²) in [5.41, 5.74) is 1.00. The Morgan fingerprint density at radius 1 is 1.32 bits per heavy atom. The van der Waals surface area contributed by atoms with E-state index in [9.17, 15) is 4.79 Å². The molecule has 1 aliphatic rings. The third-order valence-electron chi connectivity index (χ3n) is 3.67. The number of ether oxygens (including phenoxy) is 2. The van der Waals surface area contributed by atoms with Gasteiger partial charge in [0.05, 0.1) is 20.0 Å². The Bertz CT molecular complexity index is 522. The predicted octanol–water partition coefficient (Wildman–Crippen LogP) is 2.23. The first-order valence-corrected chi connectivity index (χ1v) is 8.40. The average molecular weight is 324 g/mol. The Morgan fingerprint density at radius 3 is 2.73 bits per heavy atom. The van der Waals surface area contributed by atoms with Gasteiger partial charge in [-0.2, -0.15) is 0 Å². The number of carbonyl (C=O) groups is 1. The van der Waals surface area contributed by atoms with Crippen LogP contribution in [0.4, 0.5) is 0 Å². The van der Waals surface area contributed by atoms with Crippen LogP contribution in [0.5, 0.6) is 11.5 Å². The van der Waals surface area contributed by atoms with E-state index >= 15 is 0 Å². The number of rotatable bonds is 7. The van der Waals surface area contributed by atoms with Gasteiger partial charge in [-0.15, -0.1) is 11.8 Å². The number of carbonyl (C=O) groups excluding carboxylic acids is 1. The number of nitrogens with zero attached hydrogens (tertiary/aromatic N) is 2. The van der Waals surface area contributed by atoms with Crippen LogP contribution in [0.15, 0.2) is 18.2 Å². The van der Waals surface area contributed by atoms with Crippen molar-refractivity contribution >= 4 is 17.7 Å². The summed E-state index contributed by atoms with van der Waals surface area (Å²) in [4.78, 5) is 16.3. The molecule has 0 bridgehead atoms. The van der Waals surface area contributed by atoms with E-state index in [2.05, 4.69) is 4.90 Å². The Labute approximate surface area is 136 Å². The van der Waals surface area contributed by atoms with E-state index < -0.39 is 0 Å². The van der Waals surface area contributed by atoms with Crippen molar-refractivity contribution in [2.45, 2.75) is 11.8 Å². The Kier molecular flexibility index (Phi) is 5.97. The molecule has 6 heteroatoms.